The molecule has 0 atom stereocenters. The first-order chi connectivity index (χ1) is 9.79. The van der Waals surface area contributed by atoms with E-state index in [4.69, 9.17) is 9.47 Å². The van der Waals surface area contributed by atoms with Gasteiger partial charge in [-0.25, -0.2) is 0 Å². The summed E-state index contributed by atoms with van der Waals surface area (Å²) in [4.78, 5) is 0. The summed E-state index contributed by atoms with van der Waals surface area (Å²) >= 11 is 0. The van der Waals surface area contributed by atoms with Gasteiger partial charge in [0.2, 0.25) is 0 Å². The van der Waals surface area contributed by atoms with E-state index in [1.165, 1.54) is 10.6 Å². The summed E-state index contributed by atoms with van der Waals surface area (Å²) in [6.45, 7) is 3.81. The number of benzene rings is 2. The van der Waals surface area contributed by atoms with E-state index in [1.54, 1.807) is 0 Å². The quantitative estimate of drug-likeness (QED) is 0.504. The number of hydrogen-bond acceptors (Lipinski definition) is 2. The summed E-state index contributed by atoms with van der Waals surface area (Å²) in [7, 11) is -1.47. The van der Waals surface area contributed by atoms with Crippen LogP contribution < -0.4 is 34.6 Å². The van der Waals surface area contributed by atoms with Crippen molar-refractivity contribution < 1.29 is 33.5 Å². The second-order valence-electron chi connectivity index (χ2n) is 5.22. The smallest absolute Gasteiger partial charge is 0.192 e. The van der Waals surface area contributed by atoms with Crippen LogP contribution in [0.3, 0.4) is 0 Å². The molecule has 0 spiro atoms. The van der Waals surface area contributed by atoms with Crippen molar-refractivity contribution in [2.45, 2.75) is 6.29 Å². The van der Waals surface area contributed by atoms with Gasteiger partial charge >= 0.3 is 0 Å². The third kappa shape index (κ3) is 3.84. The van der Waals surface area contributed by atoms with Gasteiger partial charge in [0.05, 0.1) is 37.8 Å². The van der Waals surface area contributed by atoms with Crippen LogP contribution in [0.25, 0.3) is 0 Å². The fourth-order valence-electron chi connectivity index (χ4n) is 2.68. The molecule has 1 saturated heterocycles. The minimum Gasteiger partial charge on any atom is -1.00 e. The maximum atomic E-state index is 5.70. The summed E-state index contributed by atoms with van der Waals surface area (Å²) in [6.07, 6.45) is 0.884. The molecule has 2 aromatic carbocycles. The van der Waals surface area contributed by atoms with Crippen molar-refractivity contribution in [2.75, 3.05) is 26.0 Å². The van der Waals surface area contributed by atoms with Gasteiger partial charge in [-0.15, -0.1) is 0 Å². The molecule has 1 aliphatic rings. The molecule has 0 unspecified atom stereocenters. The van der Waals surface area contributed by atoms with Crippen molar-refractivity contribution in [2.24, 2.45) is 0 Å². The van der Waals surface area contributed by atoms with E-state index in [9.17, 15) is 0 Å². The standard InChI is InChI=1S/C17H20O2P.HI/c1-20(14-17-18-12-13-19-17,15-8-4-2-5-9-15)16-10-6-3-7-11-16;/h2-11,17H,12-14H2,1H3;1H/q+1;/p-1. The molecule has 2 aromatic rings. The first-order valence-electron chi connectivity index (χ1n) is 6.99. The Morgan fingerprint density at radius 1 is 0.857 bits per heavy atom. The Morgan fingerprint density at radius 2 is 1.29 bits per heavy atom. The van der Waals surface area contributed by atoms with Gasteiger partial charge in [0, 0.05) is 0 Å². The van der Waals surface area contributed by atoms with Gasteiger partial charge in [-0.1, -0.05) is 36.4 Å². The molecule has 0 saturated carbocycles. The van der Waals surface area contributed by atoms with Crippen LogP contribution in [0.2, 0.25) is 0 Å². The van der Waals surface area contributed by atoms with Crippen molar-refractivity contribution in [1.29, 1.82) is 0 Å². The van der Waals surface area contributed by atoms with Crippen LogP contribution in [0, 0.1) is 0 Å². The summed E-state index contributed by atoms with van der Waals surface area (Å²) in [5.41, 5.74) is 0. The van der Waals surface area contributed by atoms with E-state index in [2.05, 4.69) is 67.3 Å². The van der Waals surface area contributed by atoms with Crippen LogP contribution in [0.4, 0.5) is 0 Å². The van der Waals surface area contributed by atoms with Crippen molar-refractivity contribution in [3.05, 3.63) is 60.7 Å². The molecule has 3 rings (SSSR count). The van der Waals surface area contributed by atoms with Gasteiger partial charge < -0.3 is 33.5 Å². The van der Waals surface area contributed by atoms with E-state index in [0.717, 1.165) is 6.16 Å². The normalized spacial score (nSPS) is 15.7. The lowest BCUT2D eigenvalue weighted by Crippen LogP contribution is -3.00. The zero-order chi connectivity index (χ0) is 13.8. The average Bonchev–Trinajstić information content (AvgIpc) is 3.02. The molecule has 0 N–H and O–H groups in total. The predicted molar refractivity (Wildman–Crippen MR) is 85.6 cm³/mol. The molecule has 112 valence electrons. The molecule has 2 nitrogen and oxygen atoms in total. The molecule has 1 fully saturated rings. The van der Waals surface area contributed by atoms with E-state index in [1.807, 2.05) is 0 Å². The summed E-state index contributed by atoms with van der Waals surface area (Å²) in [5, 5.41) is 2.82. The van der Waals surface area contributed by atoms with Gasteiger partial charge in [-0.2, -0.15) is 0 Å². The van der Waals surface area contributed by atoms with Gasteiger partial charge in [-0.3, -0.25) is 0 Å². The Balaban J connectivity index is 0.00000161. The Morgan fingerprint density at radius 3 is 1.71 bits per heavy atom. The van der Waals surface area contributed by atoms with Crippen LogP contribution in [-0.4, -0.2) is 32.3 Å². The monoisotopic (exact) mass is 414 g/mol. The highest BCUT2D eigenvalue weighted by molar-refractivity contribution is 7.88. The molecule has 4 heteroatoms. The van der Waals surface area contributed by atoms with E-state index in [0.29, 0.717) is 13.2 Å². The van der Waals surface area contributed by atoms with Crippen molar-refractivity contribution in [3.63, 3.8) is 0 Å². The third-order valence-electron chi connectivity index (χ3n) is 3.86. The van der Waals surface area contributed by atoms with Crippen LogP contribution in [0.1, 0.15) is 0 Å². The highest BCUT2D eigenvalue weighted by Crippen LogP contribution is 2.53. The molecule has 1 aliphatic heterocycles. The molecular weight excluding hydrogens is 394 g/mol. The van der Waals surface area contributed by atoms with Gasteiger partial charge in [-0.05, 0) is 24.3 Å². The molecule has 0 radical (unpaired) electrons. The third-order valence-corrected chi connectivity index (χ3v) is 7.76. The second-order valence-corrected chi connectivity index (χ2v) is 9.00. The Labute approximate surface area is 144 Å². The fraction of sp³-hybridized carbons (Fsp3) is 0.294. The molecular formula is C17H20IO2P. The molecule has 1 heterocycles. The first-order valence-corrected chi connectivity index (χ1v) is 9.41. The summed E-state index contributed by atoms with van der Waals surface area (Å²) in [5.74, 6) is 0. The van der Waals surface area contributed by atoms with Gasteiger partial charge in [0.1, 0.15) is 6.16 Å². The molecule has 0 amide bonds. The highest BCUT2D eigenvalue weighted by Gasteiger charge is 2.41. The molecule has 21 heavy (non-hydrogen) atoms. The fourth-order valence-corrected chi connectivity index (χ4v) is 5.87. The second kappa shape index (κ2) is 7.68. The van der Waals surface area contributed by atoms with Crippen LogP contribution >= 0.6 is 7.26 Å². The van der Waals surface area contributed by atoms with Gasteiger partial charge in [0.25, 0.3) is 0 Å². The summed E-state index contributed by atoms with van der Waals surface area (Å²) < 4.78 is 11.4. The van der Waals surface area contributed by atoms with Gasteiger partial charge in [0.15, 0.2) is 6.29 Å². The lowest BCUT2D eigenvalue weighted by molar-refractivity contribution is -0.0223. The van der Waals surface area contributed by atoms with E-state index >= 15 is 0 Å². The van der Waals surface area contributed by atoms with Crippen molar-refractivity contribution >= 4 is 17.9 Å². The lowest BCUT2D eigenvalue weighted by Gasteiger charge is -2.25. The number of ether oxygens (including phenoxy) is 2. The Kier molecular flexibility index (Phi) is 6.18. The van der Waals surface area contributed by atoms with Crippen LogP contribution in [0.15, 0.2) is 60.7 Å². The molecule has 0 aromatic heterocycles. The molecule has 0 bridgehead atoms. The lowest BCUT2D eigenvalue weighted by atomic mass is 10.4. The van der Waals surface area contributed by atoms with Crippen molar-refractivity contribution in [1.82, 2.24) is 0 Å². The van der Waals surface area contributed by atoms with Crippen molar-refractivity contribution in [3.8, 4) is 0 Å². The SMILES string of the molecule is C[P+](CC1OCCO1)(c1ccccc1)c1ccccc1.[I-]. The maximum absolute atomic E-state index is 5.70. The van der Waals surface area contributed by atoms with E-state index in [-0.39, 0.29) is 30.3 Å². The van der Waals surface area contributed by atoms with E-state index < -0.39 is 7.26 Å². The predicted octanol–water partition coefficient (Wildman–Crippen LogP) is -0.338. The van der Waals surface area contributed by atoms with Crippen LogP contribution in [-0.2, 0) is 9.47 Å². The minimum absolute atomic E-state index is 0. The zero-order valence-corrected chi connectivity index (χ0v) is 15.2. The Hall–Kier alpha value is -0.480. The first kappa shape index (κ1) is 16.9. The minimum atomic E-state index is -1.47. The number of halogens is 1. The largest absolute Gasteiger partial charge is 1.00 e. The summed E-state index contributed by atoms with van der Waals surface area (Å²) in [6, 6.07) is 21.5. The number of rotatable bonds is 4. The van der Waals surface area contributed by atoms with Crippen LogP contribution in [0.5, 0.6) is 0 Å². The molecule has 0 aliphatic carbocycles. The number of hydrogen-bond donors (Lipinski definition) is 0. The highest BCUT2D eigenvalue weighted by atomic mass is 127. The Bertz CT molecular complexity index is 502. The maximum Gasteiger partial charge on any atom is 0.192 e. The average molecular weight is 414 g/mol. The zero-order valence-electron chi connectivity index (χ0n) is 12.1. The topological polar surface area (TPSA) is 18.5 Å².